The van der Waals surface area contributed by atoms with Crippen molar-refractivity contribution in [2.24, 2.45) is 22.2 Å². The molecule has 0 aliphatic rings. The van der Waals surface area contributed by atoms with Crippen molar-refractivity contribution in [2.45, 2.75) is 101 Å². The molecule has 0 unspecified atom stereocenters. The molecule has 0 saturated heterocycles. The van der Waals surface area contributed by atoms with Crippen molar-refractivity contribution in [3.63, 3.8) is 0 Å². The van der Waals surface area contributed by atoms with Crippen molar-refractivity contribution in [1.82, 2.24) is 41.9 Å². The Kier molecular flexibility index (Phi) is 21.1. The minimum absolute atomic E-state index is 0.0327. The van der Waals surface area contributed by atoms with Gasteiger partial charge in [0.05, 0.1) is 25.2 Å². The van der Waals surface area contributed by atoms with Crippen LogP contribution in [0.15, 0.2) is 47.8 Å². The SMILES string of the molecule is C[C@@H](NC(=O)[C@H](N)CC(=O)O)C(=O)N[C@H](CCC(=O)O)C(=O)N[C@H](Cc1ccccc1)C(=O)N[C@H](CCCN=C(N)N)C(=O)N[C@H](Cc1cnc[nH]1)C(=O)N[C@H](CC(=O)O)C(=O)O. The van der Waals surface area contributed by atoms with E-state index in [1.54, 1.807) is 30.3 Å². The third-order valence-electron chi connectivity index (χ3n) is 8.86. The normalized spacial score (nSPS) is 14.1. The maximum Gasteiger partial charge on any atom is 0.326 e. The van der Waals surface area contributed by atoms with E-state index in [-0.39, 0.29) is 38.2 Å². The Hall–Kier alpha value is -7.64. The maximum absolute atomic E-state index is 14.1. The van der Waals surface area contributed by atoms with Crippen molar-refractivity contribution in [3.05, 3.63) is 54.1 Å². The predicted octanol–water partition coefficient (Wildman–Crippen LogP) is -4.60. The lowest BCUT2D eigenvalue weighted by Gasteiger charge is -2.27. The number of aromatic amines is 1. The van der Waals surface area contributed by atoms with Gasteiger partial charge >= 0.3 is 23.9 Å². The van der Waals surface area contributed by atoms with Gasteiger partial charge in [0, 0.05) is 37.7 Å². The van der Waals surface area contributed by atoms with Gasteiger partial charge in [0.15, 0.2) is 5.96 Å². The van der Waals surface area contributed by atoms with Crippen LogP contribution in [-0.2, 0) is 60.8 Å². The number of carbonyl (C=O) groups is 10. The first-order valence-corrected chi connectivity index (χ1v) is 19.2. The molecule has 0 spiro atoms. The lowest BCUT2D eigenvalue weighted by atomic mass is 10.0. The molecule has 7 atom stereocenters. The standard InChI is InChI=1S/C37H52N12O14/c1-18(44-31(57)21(38)14-28(52)53)30(56)45-23(9-10-27(50)51)33(59)47-24(12-19-6-3-2-4-7-19)34(60)46-22(8-5-11-42-37(39)40)32(58)48-25(13-20-16-41-17-43-20)35(61)49-26(36(62)63)15-29(54)55/h2-4,6-7,16-18,21-26H,5,8-15,38H2,1H3,(H,41,43)(H,44,57)(H,45,56)(H,46,60)(H,47,59)(H,48,58)(H,49,61)(H,50,51)(H,52,53)(H,54,55)(H,62,63)(H4,39,40,42)/t18-,21-,22-,23-,24-,25-,26-/m1/s1. The van der Waals surface area contributed by atoms with Gasteiger partial charge in [-0.3, -0.25) is 48.1 Å². The number of H-pyrrole nitrogens is 1. The summed E-state index contributed by atoms with van der Waals surface area (Å²) in [6, 6.07) is -2.86. The molecule has 344 valence electrons. The summed E-state index contributed by atoms with van der Waals surface area (Å²) < 4.78 is 0. The third kappa shape index (κ3) is 19.5. The van der Waals surface area contributed by atoms with Crippen molar-refractivity contribution in [2.75, 3.05) is 6.54 Å². The van der Waals surface area contributed by atoms with E-state index >= 15 is 0 Å². The smallest absolute Gasteiger partial charge is 0.326 e. The predicted molar refractivity (Wildman–Crippen MR) is 217 cm³/mol. The molecule has 0 aliphatic carbocycles. The van der Waals surface area contributed by atoms with E-state index in [1.165, 1.54) is 19.4 Å². The van der Waals surface area contributed by atoms with Gasteiger partial charge in [0.2, 0.25) is 35.4 Å². The first-order chi connectivity index (χ1) is 29.7. The van der Waals surface area contributed by atoms with E-state index in [4.69, 9.17) is 27.4 Å². The van der Waals surface area contributed by atoms with Crippen LogP contribution in [0.25, 0.3) is 0 Å². The zero-order valence-electron chi connectivity index (χ0n) is 33.9. The first-order valence-electron chi connectivity index (χ1n) is 19.2. The second kappa shape index (κ2) is 25.9. The molecule has 17 N–H and O–H groups in total. The number of rotatable bonds is 28. The third-order valence-corrected chi connectivity index (χ3v) is 8.86. The number of amides is 6. The highest BCUT2D eigenvalue weighted by Gasteiger charge is 2.34. The molecule has 63 heavy (non-hydrogen) atoms. The Bertz CT molecular complexity index is 1960. The Labute approximate surface area is 358 Å². The summed E-state index contributed by atoms with van der Waals surface area (Å²) in [7, 11) is 0. The average Bonchev–Trinajstić information content (AvgIpc) is 3.72. The molecule has 0 aliphatic heterocycles. The molecule has 26 heteroatoms. The quantitative estimate of drug-likeness (QED) is 0.0217. The fourth-order valence-corrected chi connectivity index (χ4v) is 5.62. The minimum Gasteiger partial charge on any atom is -0.481 e. The number of carboxylic acid groups (broad SMARTS) is 4. The number of aliphatic imine (C=N–C) groups is 1. The number of carboxylic acids is 4. The van der Waals surface area contributed by atoms with Crippen LogP contribution < -0.4 is 49.1 Å². The number of nitrogens with zero attached hydrogens (tertiary/aromatic N) is 2. The Morgan fingerprint density at radius 1 is 0.651 bits per heavy atom. The molecule has 6 amide bonds. The second-order valence-electron chi connectivity index (χ2n) is 14.0. The number of hydrogen-bond donors (Lipinski definition) is 14. The van der Waals surface area contributed by atoms with E-state index in [1.807, 2.05) is 0 Å². The van der Waals surface area contributed by atoms with Gasteiger partial charge in [-0.15, -0.1) is 0 Å². The van der Waals surface area contributed by atoms with Gasteiger partial charge < -0.3 is 74.5 Å². The molecule has 1 heterocycles. The Morgan fingerprint density at radius 2 is 1.17 bits per heavy atom. The summed E-state index contributed by atoms with van der Waals surface area (Å²) in [6.07, 6.45) is -0.983. The van der Waals surface area contributed by atoms with Crippen LogP contribution in [0, 0.1) is 0 Å². The lowest BCUT2D eigenvalue weighted by Crippen LogP contribution is -2.60. The van der Waals surface area contributed by atoms with Crippen LogP contribution in [0.1, 0.15) is 56.7 Å². The van der Waals surface area contributed by atoms with E-state index in [9.17, 15) is 58.2 Å². The summed E-state index contributed by atoms with van der Waals surface area (Å²) in [6.45, 7) is 1.16. The molecule has 0 bridgehead atoms. The molecule has 1 aromatic heterocycles. The van der Waals surface area contributed by atoms with Crippen molar-refractivity contribution in [1.29, 1.82) is 0 Å². The number of hydrogen-bond acceptors (Lipinski definition) is 13. The van der Waals surface area contributed by atoms with Gasteiger partial charge in [-0.2, -0.15) is 0 Å². The van der Waals surface area contributed by atoms with Crippen LogP contribution >= 0.6 is 0 Å². The molecule has 0 radical (unpaired) electrons. The zero-order valence-corrected chi connectivity index (χ0v) is 33.9. The number of imidazole rings is 1. The zero-order chi connectivity index (χ0) is 47.2. The number of carbonyl (C=O) groups excluding carboxylic acids is 6. The van der Waals surface area contributed by atoms with Crippen molar-refractivity contribution in [3.8, 4) is 0 Å². The summed E-state index contributed by atoms with van der Waals surface area (Å²) in [5.74, 6) is -12.3. The number of benzene rings is 1. The molecular formula is C37H52N12O14. The van der Waals surface area contributed by atoms with Gasteiger partial charge in [-0.05, 0) is 31.7 Å². The van der Waals surface area contributed by atoms with E-state index in [2.05, 4.69) is 46.9 Å². The van der Waals surface area contributed by atoms with Crippen molar-refractivity contribution < 1.29 is 68.4 Å². The molecule has 0 saturated carbocycles. The molecule has 2 rings (SSSR count). The highest BCUT2D eigenvalue weighted by atomic mass is 16.4. The monoisotopic (exact) mass is 888 g/mol. The van der Waals surface area contributed by atoms with Crippen LogP contribution in [-0.4, -0.2) is 145 Å². The van der Waals surface area contributed by atoms with Crippen LogP contribution in [0.3, 0.4) is 0 Å². The summed E-state index contributed by atoms with van der Waals surface area (Å²) >= 11 is 0. The topological polar surface area (TPSA) is 443 Å². The van der Waals surface area contributed by atoms with Crippen LogP contribution in [0.4, 0.5) is 0 Å². The Morgan fingerprint density at radius 3 is 1.70 bits per heavy atom. The lowest BCUT2D eigenvalue weighted by molar-refractivity contribution is -0.147. The average molecular weight is 889 g/mol. The molecule has 26 nitrogen and oxygen atoms in total. The van der Waals surface area contributed by atoms with E-state index in [0.717, 1.165) is 0 Å². The minimum atomic E-state index is -1.89. The largest absolute Gasteiger partial charge is 0.481 e. The number of aliphatic carboxylic acids is 4. The van der Waals surface area contributed by atoms with E-state index < -0.39 is 127 Å². The maximum atomic E-state index is 14.1. The first kappa shape index (κ1) is 51.5. The van der Waals surface area contributed by atoms with Crippen LogP contribution in [0.2, 0.25) is 0 Å². The number of nitrogens with two attached hydrogens (primary N) is 3. The van der Waals surface area contributed by atoms with Gasteiger partial charge in [-0.1, -0.05) is 30.3 Å². The van der Waals surface area contributed by atoms with Gasteiger partial charge in [0.1, 0.15) is 36.3 Å². The Balaban J connectivity index is 2.46. The van der Waals surface area contributed by atoms with Crippen molar-refractivity contribution >= 4 is 65.3 Å². The summed E-state index contributed by atoms with van der Waals surface area (Å²) in [5, 5.41) is 51.1. The van der Waals surface area contributed by atoms with Crippen LogP contribution in [0.5, 0.6) is 0 Å². The number of aromatic nitrogens is 2. The summed E-state index contributed by atoms with van der Waals surface area (Å²) in [4.78, 5) is 137. The molecule has 2 aromatic rings. The van der Waals surface area contributed by atoms with Gasteiger partial charge in [0.25, 0.3) is 0 Å². The number of nitrogens with one attached hydrogen (secondary N) is 7. The fourth-order valence-electron chi connectivity index (χ4n) is 5.62. The molecule has 1 aromatic carbocycles. The summed E-state index contributed by atoms with van der Waals surface area (Å²) in [5.41, 5.74) is 17.2. The van der Waals surface area contributed by atoms with E-state index in [0.29, 0.717) is 11.3 Å². The highest BCUT2D eigenvalue weighted by Crippen LogP contribution is 2.10. The fraction of sp³-hybridized carbons (Fsp3) is 0.459. The molecular weight excluding hydrogens is 836 g/mol. The second-order valence-corrected chi connectivity index (χ2v) is 14.0. The number of guanidine groups is 1. The molecule has 0 fully saturated rings. The van der Waals surface area contributed by atoms with Gasteiger partial charge in [-0.25, -0.2) is 9.78 Å². The highest BCUT2D eigenvalue weighted by molar-refractivity contribution is 5.97.